The summed E-state index contributed by atoms with van der Waals surface area (Å²) < 4.78 is 44.6. The van der Waals surface area contributed by atoms with E-state index in [9.17, 15) is 13.2 Å². The number of nitrogens with zero attached hydrogens (tertiary/aromatic N) is 2. The Balaban J connectivity index is 2.21. The molecule has 0 aliphatic rings. The van der Waals surface area contributed by atoms with E-state index in [0.29, 0.717) is 12.4 Å². The maximum absolute atomic E-state index is 11.7. The highest BCUT2D eigenvalue weighted by Crippen LogP contribution is 2.14. The fourth-order valence-electron chi connectivity index (χ4n) is 0.959. The van der Waals surface area contributed by atoms with Crippen molar-refractivity contribution in [3.8, 4) is 0 Å². The highest BCUT2D eigenvalue weighted by atomic mass is 19.4. The number of hydrogen-bond donors (Lipinski definition) is 1. The summed E-state index contributed by atoms with van der Waals surface area (Å²) in [6.45, 7) is -0.929. The predicted octanol–water partition coefficient (Wildman–Crippen LogP) is 0.910. The van der Waals surface area contributed by atoms with Crippen LogP contribution in [0.5, 0.6) is 0 Å². The van der Waals surface area contributed by atoms with E-state index in [4.69, 9.17) is 4.42 Å². The van der Waals surface area contributed by atoms with Crippen molar-refractivity contribution in [2.75, 3.05) is 20.3 Å². The van der Waals surface area contributed by atoms with Gasteiger partial charge < -0.3 is 14.5 Å². The zero-order valence-electron chi connectivity index (χ0n) is 8.67. The summed E-state index contributed by atoms with van der Waals surface area (Å²) in [5.74, 6) is 0.667. The monoisotopic (exact) mass is 239 g/mol. The van der Waals surface area contributed by atoms with Crippen LogP contribution in [0, 0.1) is 0 Å². The number of alkyl halides is 3. The van der Waals surface area contributed by atoms with Crippen LogP contribution in [0.1, 0.15) is 11.8 Å². The van der Waals surface area contributed by atoms with Crippen LogP contribution in [0.2, 0.25) is 0 Å². The second kappa shape index (κ2) is 5.80. The molecule has 0 saturated heterocycles. The second-order valence-corrected chi connectivity index (χ2v) is 3.04. The fourth-order valence-corrected chi connectivity index (χ4v) is 0.959. The van der Waals surface area contributed by atoms with E-state index in [1.54, 1.807) is 7.05 Å². The second-order valence-electron chi connectivity index (χ2n) is 3.04. The molecule has 0 spiro atoms. The molecule has 0 aromatic carbocycles. The summed E-state index contributed by atoms with van der Waals surface area (Å²) in [4.78, 5) is 0. The molecule has 92 valence electrons. The summed E-state index contributed by atoms with van der Waals surface area (Å²) in [7, 11) is 1.72. The highest BCUT2D eigenvalue weighted by molar-refractivity contribution is 4.81. The Hall–Kier alpha value is -1.15. The number of hydrogen-bond acceptors (Lipinski definition) is 5. The maximum Gasteiger partial charge on any atom is 0.411 e. The standard InChI is InChI=1S/C8H12F3N3O2/c1-12-4-7-14-13-6(16-7)2-3-15-5-8(9,10)11/h12H,2-5H2,1H3. The predicted molar refractivity (Wildman–Crippen MR) is 47.6 cm³/mol. The number of aromatic nitrogens is 2. The van der Waals surface area contributed by atoms with Crippen LogP contribution in [0.3, 0.4) is 0 Å². The molecule has 0 radical (unpaired) electrons. The van der Waals surface area contributed by atoms with Crippen molar-refractivity contribution in [1.29, 1.82) is 0 Å². The van der Waals surface area contributed by atoms with Crippen LogP contribution < -0.4 is 5.32 Å². The number of nitrogens with one attached hydrogen (secondary N) is 1. The van der Waals surface area contributed by atoms with Crippen LogP contribution in [0.4, 0.5) is 13.2 Å². The Labute approximate surface area is 90.0 Å². The van der Waals surface area contributed by atoms with Crippen molar-refractivity contribution in [2.24, 2.45) is 0 Å². The topological polar surface area (TPSA) is 60.2 Å². The van der Waals surface area contributed by atoms with Crippen molar-refractivity contribution >= 4 is 0 Å². The third-order valence-electron chi connectivity index (χ3n) is 1.56. The molecule has 1 heterocycles. The van der Waals surface area contributed by atoms with Crippen LogP contribution in [-0.4, -0.2) is 36.6 Å². The lowest BCUT2D eigenvalue weighted by atomic mass is 10.4. The van der Waals surface area contributed by atoms with Crippen LogP contribution in [0.15, 0.2) is 4.42 Å². The summed E-state index contributed by atoms with van der Waals surface area (Å²) in [6, 6.07) is 0. The van der Waals surface area contributed by atoms with E-state index in [2.05, 4.69) is 20.3 Å². The minimum absolute atomic E-state index is 0.0965. The molecular weight excluding hydrogens is 227 g/mol. The molecule has 0 unspecified atom stereocenters. The third-order valence-corrected chi connectivity index (χ3v) is 1.56. The average molecular weight is 239 g/mol. The van der Waals surface area contributed by atoms with Crippen molar-refractivity contribution in [3.63, 3.8) is 0 Å². The van der Waals surface area contributed by atoms with Gasteiger partial charge in [0.1, 0.15) is 6.61 Å². The molecule has 1 aromatic rings. The van der Waals surface area contributed by atoms with E-state index in [0.717, 1.165) is 0 Å². The van der Waals surface area contributed by atoms with Gasteiger partial charge in [-0.3, -0.25) is 0 Å². The molecule has 8 heteroatoms. The molecule has 1 rings (SSSR count). The molecular formula is C8H12F3N3O2. The molecule has 0 atom stereocenters. The van der Waals surface area contributed by atoms with Gasteiger partial charge in [-0.1, -0.05) is 0 Å². The van der Waals surface area contributed by atoms with E-state index in [1.165, 1.54) is 0 Å². The quantitative estimate of drug-likeness (QED) is 0.748. The van der Waals surface area contributed by atoms with Crippen molar-refractivity contribution in [1.82, 2.24) is 15.5 Å². The Morgan fingerprint density at radius 2 is 2.00 bits per heavy atom. The SMILES string of the molecule is CNCc1nnc(CCOCC(F)(F)F)o1. The Kier molecular flexibility index (Phi) is 4.69. The molecule has 5 nitrogen and oxygen atoms in total. The average Bonchev–Trinajstić information content (AvgIpc) is 2.60. The number of rotatable bonds is 6. The van der Waals surface area contributed by atoms with Gasteiger partial charge in [0.05, 0.1) is 13.2 Å². The first-order valence-corrected chi connectivity index (χ1v) is 4.61. The first-order valence-electron chi connectivity index (χ1n) is 4.61. The fraction of sp³-hybridized carbons (Fsp3) is 0.750. The largest absolute Gasteiger partial charge is 0.424 e. The Morgan fingerprint density at radius 1 is 1.31 bits per heavy atom. The van der Waals surface area contributed by atoms with Gasteiger partial charge in [0.2, 0.25) is 11.8 Å². The van der Waals surface area contributed by atoms with Crippen LogP contribution in [-0.2, 0) is 17.7 Å². The number of halogens is 3. The highest BCUT2D eigenvalue weighted by Gasteiger charge is 2.27. The van der Waals surface area contributed by atoms with Gasteiger partial charge in [-0.05, 0) is 7.05 Å². The first kappa shape index (κ1) is 12.9. The molecule has 0 fully saturated rings. The van der Waals surface area contributed by atoms with Crippen molar-refractivity contribution < 1.29 is 22.3 Å². The van der Waals surface area contributed by atoms with Gasteiger partial charge in [0, 0.05) is 6.42 Å². The molecule has 0 saturated carbocycles. The van der Waals surface area contributed by atoms with E-state index >= 15 is 0 Å². The van der Waals surface area contributed by atoms with Crippen molar-refractivity contribution in [3.05, 3.63) is 11.8 Å². The van der Waals surface area contributed by atoms with Crippen molar-refractivity contribution in [2.45, 2.75) is 19.1 Å². The van der Waals surface area contributed by atoms with Gasteiger partial charge in [0.15, 0.2) is 0 Å². The molecule has 0 aliphatic carbocycles. The molecule has 1 N–H and O–H groups in total. The summed E-state index contributed by atoms with van der Waals surface area (Å²) in [5.41, 5.74) is 0. The lowest BCUT2D eigenvalue weighted by Gasteiger charge is -2.05. The Bertz CT molecular complexity index is 314. The zero-order chi connectivity index (χ0) is 12.0. The molecule has 0 aliphatic heterocycles. The number of ether oxygens (including phenoxy) is 1. The minimum atomic E-state index is -4.30. The van der Waals surface area contributed by atoms with E-state index < -0.39 is 12.8 Å². The van der Waals surface area contributed by atoms with Crippen LogP contribution >= 0.6 is 0 Å². The minimum Gasteiger partial charge on any atom is -0.424 e. The zero-order valence-corrected chi connectivity index (χ0v) is 8.67. The summed E-state index contributed by atoms with van der Waals surface area (Å²) >= 11 is 0. The van der Waals surface area contributed by atoms with Crippen LogP contribution in [0.25, 0.3) is 0 Å². The van der Waals surface area contributed by atoms with E-state index in [1.807, 2.05) is 0 Å². The van der Waals surface area contributed by atoms with Gasteiger partial charge in [-0.25, -0.2) is 0 Å². The van der Waals surface area contributed by atoms with Gasteiger partial charge in [-0.2, -0.15) is 13.2 Å². The third kappa shape index (κ3) is 5.08. The molecule has 1 aromatic heterocycles. The summed E-state index contributed by atoms with van der Waals surface area (Å²) in [6.07, 6.45) is -4.13. The summed E-state index contributed by atoms with van der Waals surface area (Å²) in [5, 5.41) is 10.1. The van der Waals surface area contributed by atoms with Gasteiger partial charge >= 0.3 is 6.18 Å². The lowest BCUT2D eigenvalue weighted by Crippen LogP contribution is -2.18. The van der Waals surface area contributed by atoms with Gasteiger partial charge in [-0.15, -0.1) is 10.2 Å². The molecule has 0 bridgehead atoms. The molecule has 16 heavy (non-hydrogen) atoms. The maximum atomic E-state index is 11.7. The normalized spacial score (nSPS) is 12.0. The smallest absolute Gasteiger partial charge is 0.411 e. The first-order chi connectivity index (χ1) is 7.51. The van der Waals surface area contributed by atoms with Gasteiger partial charge in [0.25, 0.3) is 0 Å². The Morgan fingerprint density at radius 3 is 2.62 bits per heavy atom. The van der Waals surface area contributed by atoms with E-state index in [-0.39, 0.29) is 18.9 Å². The molecule has 0 amide bonds. The lowest BCUT2D eigenvalue weighted by molar-refractivity contribution is -0.173.